The predicted octanol–water partition coefficient (Wildman–Crippen LogP) is 2.42. The van der Waals surface area contributed by atoms with Crippen molar-refractivity contribution >= 4 is 27.3 Å². The quantitative estimate of drug-likeness (QED) is 0.760. The second kappa shape index (κ2) is 8.55. The monoisotopic (exact) mass is 433 g/mol. The molecule has 8 heteroatoms. The lowest BCUT2D eigenvalue weighted by Gasteiger charge is -2.34. The fourth-order valence-corrected chi connectivity index (χ4v) is 6.26. The lowest BCUT2D eigenvalue weighted by Crippen LogP contribution is -2.52. The first-order chi connectivity index (χ1) is 13.9. The van der Waals surface area contributed by atoms with Gasteiger partial charge in [0, 0.05) is 37.1 Å². The van der Waals surface area contributed by atoms with Crippen molar-refractivity contribution in [3.05, 3.63) is 51.7 Å². The summed E-state index contributed by atoms with van der Waals surface area (Å²) in [6.45, 7) is 3.84. The highest BCUT2D eigenvalue weighted by molar-refractivity contribution is 7.89. The summed E-state index contributed by atoms with van der Waals surface area (Å²) in [6, 6.07) is 9.70. The molecular formula is C21H27N3O3S2. The first-order valence-corrected chi connectivity index (χ1v) is 12.4. The van der Waals surface area contributed by atoms with Gasteiger partial charge >= 0.3 is 0 Å². The number of fused-ring (bicyclic) bond motifs is 1. The second-order valence-electron chi connectivity index (χ2n) is 7.69. The molecule has 1 aliphatic heterocycles. The molecule has 0 bridgehead atoms. The number of carbonyl (C=O) groups is 1. The Morgan fingerprint density at radius 3 is 2.62 bits per heavy atom. The van der Waals surface area contributed by atoms with Crippen LogP contribution < -0.4 is 5.32 Å². The average Bonchev–Trinajstić information content (AvgIpc) is 3.43. The van der Waals surface area contributed by atoms with E-state index in [1.807, 2.05) is 30.5 Å². The molecule has 29 heavy (non-hydrogen) atoms. The summed E-state index contributed by atoms with van der Waals surface area (Å²) in [5.74, 6) is 0.0167. The van der Waals surface area contributed by atoms with Gasteiger partial charge in [0.05, 0.1) is 11.4 Å². The summed E-state index contributed by atoms with van der Waals surface area (Å²) >= 11 is 1.67. The van der Waals surface area contributed by atoms with E-state index in [0.717, 1.165) is 24.8 Å². The zero-order valence-corrected chi connectivity index (χ0v) is 18.3. The molecule has 2 aromatic rings. The molecule has 0 radical (unpaired) electrons. The molecular weight excluding hydrogens is 406 g/mol. The molecule has 1 saturated heterocycles. The van der Waals surface area contributed by atoms with Gasteiger partial charge in [-0.3, -0.25) is 4.79 Å². The molecule has 6 nitrogen and oxygen atoms in total. The highest BCUT2D eigenvalue weighted by atomic mass is 32.2. The molecule has 2 aliphatic rings. The van der Waals surface area contributed by atoms with Gasteiger partial charge in [-0.2, -0.15) is 4.31 Å². The maximum atomic E-state index is 13.0. The van der Waals surface area contributed by atoms with E-state index in [4.69, 9.17) is 0 Å². The smallest absolute Gasteiger partial charge is 0.243 e. The number of piperazine rings is 1. The largest absolute Gasteiger partial charge is 0.339 e. The molecule has 2 heterocycles. The van der Waals surface area contributed by atoms with E-state index in [-0.39, 0.29) is 18.5 Å². The molecule has 1 aromatic carbocycles. The topological polar surface area (TPSA) is 69.7 Å². The Labute approximate surface area is 176 Å². The average molecular weight is 434 g/mol. The van der Waals surface area contributed by atoms with Gasteiger partial charge in [-0.25, -0.2) is 8.42 Å². The maximum absolute atomic E-state index is 13.0. The number of aryl methyl sites for hydroxylation is 2. The summed E-state index contributed by atoms with van der Waals surface area (Å²) in [4.78, 5) is 15.9. The summed E-state index contributed by atoms with van der Waals surface area (Å²) in [6.07, 6.45) is 3.09. The number of carbonyl (C=O) groups excluding carboxylic acids is 1. The molecule has 1 unspecified atom stereocenters. The van der Waals surface area contributed by atoms with E-state index in [1.165, 1.54) is 14.7 Å². The molecule has 4 rings (SSSR count). The van der Waals surface area contributed by atoms with Crippen LogP contribution in [0, 0.1) is 0 Å². The lowest BCUT2D eigenvalue weighted by molar-refractivity contribution is -0.131. The number of amides is 1. The normalized spacial score (nSPS) is 18.6. The summed E-state index contributed by atoms with van der Waals surface area (Å²) in [5, 5.41) is 5.28. The molecule has 0 spiro atoms. The van der Waals surface area contributed by atoms with Gasteiger partial charge in [-0.15, -0.1) is 11.3 Å². The zero-order valence-electron chi connectivity index (χ0n) is 16.6. The molecule has 156 valence electrons. The fraction of sp³-hybridized carbons (Fsp3) is 0.476. The summed E-state index contributed by atoms with van der Waals surface area (Å²) in [7, 11) is -3.51. The minimum Gasteiger partial charge on any atom is -0.339 e. The molecule has 1 atom stereocenters. The van der Waals surface area contributed by atoms with Gasteiger partial charge in [-0.05, 0) is 60.9 Å². The van der Waals surface area contributed by atoms with Crippen molar-refractivity contribution in [2.24, 2.45) is 0 Å². The SMILES string of the molecule is CC(NCC(=O)N1CCN(S(=O)(=O)c2ccc3c(c2)CCC3)CC1)c1cccs1. The molecule has 1 amide bonds. The third-order valence-electron chi connectivity index (χ3n) is 5.83. The van der Waals surface area contributed by atoms with Crippen LogP contribution in [0.15, 0.2) is 40.6 Å². The van der Waals surface area contributed by atoms with Gasteiger partial charge in [0.2, 0.25) is 15.9 Å². The van der Waals surface area contributed by atoms with Crippen molar-refractivity contribution in [3.63, 3.8) is 0 Å². The highest BCUT2D eigenvalue weighted by Gasteiger charge is 2.30. The third kappa shape index (κ3) is 4.40. The molecule has 1 aliphatic carbocycles. The number of nitrogens with zero attached hydrogens (tertiary/aromatic N) is 2. The van der Waals surface area contributed by atoms with E-state index in [1.54, 1.807) is 22.3 Å². The van der Waals surface area contributed by atoms with Crippen LogP contribution >= 0.6 is 11.3 Å². The Bertz CT molecular complexity index is 965. The van der Waals surface area contributed by atoms with E-state index < -0.39 is 10.0 Å². The summed E-state index contributed by atoms with van der Waals surface area (Å²) < 4.78 is 27.6. The van der Waals surface area contributed by atoms with Crippen LogP contribution in [0.4, 0.5) is 0 Å². The highest BCUT2D eigenvalue weighted by Crippen LogP contribution is 2.26. The number of sulfonamides is 1. The Morgan fingerprint density at radius 1 is 1.14 bits per heavy atom. The van der Waals surface area contributed by atoms with Gasteiger partial charge in [0.15, 0.2) is 0 Å². The Morgan fingerprint density at radius 2 is 1.90 bits per heavy atom. The minimum absolute atomic E-state index is 0.0167. The van der Waals surface area contributed by atoms with E-state index >= 15 is 0 Å². The van der Waals surface area contributed by atoms with E-state index in [0.29, 0.717) is 31.1 Å². The maximum Gasteiger partial charge on any atom is 0.243 e. The van der Waals surface area contributed by atoms with E-state index in [2.05, 4.69) is 11.4 Å². The lowest BCUT2D eigenvalue weighted by atomic mass is 10.1. The predicted molar refractivity (Wildman–Crippen MR) is 115 cm³/mol. The minimum atomic E-state index is -3.51. The Hall–Kier alpha value is -1.74. The van der Waals surface area contributed by atoms with Crippen molar-refractivity contribution in [1.82, 2.24) is 14.5 Å². The van der Waals surface area contributed by atoms with Crippen LogP contribution in [0.3, 0.4) is 0 Å². The molecule has 1 N–H and O–H groups in total. The van der Waals surface area contributed by atoms with Crippen LogP contribution in [0.2, 0.25) is 0 Å². The van der Waals surface area contributed by atoms with Crippen molar-refractivity contribution < 1.29 is 13.2 Å². The number of hydrogen-bond donors (Lipinski definition) is 1. The van der Waals surface area contributed by atoms with Crippen LogP contribution in [-0.4, -0.2) is 56.3 Å². The number of nitrogens with one attached hydrogen (secondary N) is 1. The van der Waals surface area contributed by atoms with Gasteiger partial charge in [0.25, 0.3) is 0 Å². The van der Waals surface area contributed by atoms with Crippen LogP contribution in [0.5, 0.6) is 0 Å². The number of benzene rings is 1. The van der Waals surface area contributed by atoms with E-state index in [9.17, 15) is 13.2 Å². The Kier molecular flexibility index (Phi) is 6.06. The van der Waals surface area contributed by atoms with Gasteiger partial charge in [-0.1, -0.05) is 12.1 Å². The number of hydrogen-bond acceptors (Lipinski definition) is 5. The van der Waals surface area contributed by atoms with Crippen molar-refractivity contribution in [2.45, 2.75) is 37.1 Å². The zero-order chi connectivity index (χ0) is 20.4. The van der Waals surface area contributed by atoms with Crippen molar-refractivity contribution in [2.75, 3.05) is 32.7 Å². The molecule has 1 fully saturated rings. The Balaban J connectivity index is 1.32. The first kappa shape index (κ1) is 20.5. The first-order valence-electron chi connectivity index (χ1n) is 10.1. The van der Waals surface area contributed by atoms with Crippen molar-refractivity contribution in [1.29, 1.82) is 0 Å². The number of rotatable bonds is 6. The fourth-order valence-electron chi connectivity index (χ4n) is 4.03. The van der Waals surface area contributed by atoms with Crippen molar-refractivity contribution in [3.8, 4) is 0 Å². The van der Waals surface area contributed by atoms with Crippen LogP contribution in [-0.2, 0) is 27.7 Å². The number of thiophene rings is 1. The van der Waals surface area contributed by atoms with Crippen LogP contribution in [0.25, 0.3) is 0 Å². The molecule has 0 saturated carbocycles. The second-order valence-corrected chi connectivity index (χ2v) is 10.6. The summed E-state index contributed by atoms with van der Waals surface area (Å²) in [5.41, 5.74) is 2.43. The van der Waals surface area contributed by atoms with Gasteiger partial charge < -0.3 is 10.2 Å². The van der Waals surface area contributed by atoms with Gasteiger partial charge in [0.1, 0.15) is 0 Å². The standard InChI is InChI=1S/C21H27N3O3S2/c1-16(20-6-3-13-28-20)22-15-21(25)23-9-11-24(12-10-23)29(26,27)19-8-7-17-4-2-5-18(17)14-19/h3,6-8,13-14,16,22H,2,4-5,9-12,15H2,1H3. The third-order valence-corrected chi connectivity index (χ3v) is 8.78. The van der Waals surface area contributed by atoms with Crippen LogP contribution in [0.1, 0.15) is 35.4 Å². The molecule has 1 aromatic heterocycles.